The fourth-order valence-corrected chi connectivity index (χ4v) is 9.28. The number of carbonyl (C=O) groups is 1. The number of hydrogen-bond donors (Lipinski definition) is 5. The molecule has 4 rings (SSSR count). The van der Waals surface area contributed by atoms with E-state index in [0.717, 1.165) is 37.8 Å². The van der Waals surface area contributed by atoms with E-state index in [1.165, 1.54) is 14.0 Å². The molecule has 4 heterocycles. The number of unbranched alkanes of at least 4 members (excludes halogenated alkanes) is 3. The van der Waals surface area contributed by atoms with E-state index in [9.17, 15) is 25.2 Å². The van der Waals surface area contributed by atoms with Gasteiger partial charge in [-0.05, 0) is 79.8 Å². The second-order valence-corrected chi connectivity index (χ2v) is 17.4. The standard InChI is InChI=1S/C41H73NO12/c1-13-15-16-17-18-42-28-19-23(4)49-38(31(28)44)53-35-25(6)33(51-30-21-39(9,48-12)34(45)27(8)50-30)26(7)37(46)52-36(41(11,47)29(43)14-2)24(5)32-22(3)20-40(35,10)54-32/h23-31,33-36,38,42-45,47H,13-21H2,1-12H3/t23?,24-,25-,26+,27?,28?,29+,30-,31?,33-,34-,35+,36+,38-,39?,40?,41+/m0/s1. The zero-order valence-electron chi connectivity index (χ0n) is 35.0. The van der Waals surface area contributed by atoms with E-state index in [2.05, 4.69) is 12.2 Å². The molecule has 4 aliphatic heterocycles. The van der Waals surface area contributed by atoms with Crippen LogP contribution in [0.2, 0.25) is 0 Å². The first-order valence-corrected chi connectivity index (χ1v) is 20.5. The zero-order valence-corrected chi connectivity index (χ0v) is 35.0. The molecule has 6 unspecified atom stereocenters. The van der Waals surface area contributed by atoms with Gasteiger partial charge >= 0.3 is 5.97 Å². The molecule has 0 radical (unpaired) electrons. The summed E-state index contributed by atoms with van der Waals surface area (Å²) in [5, 5.41) is 49.1. The highest BCUT2D eigenvalue weighted by Crippen LogP contribution is 2.48. The first kappa shape index (κ1) is 45.3. The number of ether oxygens (including phenoxy) is 7. The Morgan fingerprint density at radius 3 is 2.33 bits per heavy atom. The Hall–Kier alpha value is -1.39. The van der Waals surface area contributed by atoms with Gasteiger partial charge in [-0.15, -0.1) is 0 Å². The molecule has 3 fully saturated rings. The number of carbonyl (C=O) groups excluding carboxylic acids is 1. The number of aliphatic hydroxyl groups excluding tert-OH is 3. The minimum absolute atomic E-state index is 0.175. The Morgan fingerprint density at radius 2 is 1.70 bits per heavy atom. The molecule has 13 nitrogen and oxygen atoms in total. The summed E-state index contributed by atoms with van der Waals surface area (Å²) < 4.78 is 45.2. The van der Waals surface area contributed by atoms with Crippen LogP contribution in [0, 0.1) is 17.8 Å². The molecule has 13 heteroatoms. The molecule has 0 spiro atoms. The van der Waals surface area contributed by atoms with Crippen molar-refractivity contribution in [2.24, 2.45) is 17.8 Å². The summed E-state index contributed by atoms with van der Waals surface area (Å²) in [6, 6.07) is -0.254. The second kappa shape index (κ2) is 18.5. The highest BCUT2D eigenvalue weighted by Gasteiger charge is 2.57. The predicted octanol–water partition coefficient (Wildman–Crippen LogP) is 4.50. The van der Waals surface area contributed by atoms with Crippen molar-refractivity contribution in [2.45, 2.75) is 212 Å². The summed E-state index contributed by atoms with van der Waals surface area (Å²) >= 11 is 0. The van der Waals surface area contributed by atoms with E-state index in [1.807, 2.05) is 34.6 Å². The van der Waals surface area contributed by atoms with Gasteiger partial charge < -0.3 is 58.9 Å². The Kier molecular flexibility index (Phi) is 15.5. The molecule has 0 aromatic carbocycles. The van der Waals surface area contributed by atoms with Crippen LogP contribution in [0.1, 0.15) is 128 Å². The van der Waals surface area contributed by atoms with Crippen LogP contribution in [0.4, 0.5) is 0 Å². The van der Waals surface area contributed by atoms with E-state index >= 15 is 0 Å². The van der Waals surface area contributed by atoms with Crippen molar-refractivity contribution in [3.63, 3.8) is 0 Å². The van der Waals surface area contributed by atoms with E-state index in [0.29, 0.717) is 18.6 Å². The molecule has 5 N–H and O–H groups in total. The van der Waals surface area contributed by atoms with E-state index < -0.39 is 95.8 Å². The van der Waals surface area contributed by atoms with Crippen molar-refractivity contribution in [3.05, 3.63) is 11.3 Å². The average molecular weight is 772 g/mol. The highest BCUT2D eigenvalue weighted by molar-refractivity contribution is 5.73. The average Bonchev–Trinajstić information content (AvgIpc) is 3.44. The van der Waals surface area contributed by atoms with Crippen molar-refractivity contribution in [3.8, 4) is 0 Å². The van der Waals surface area contributed by atoms with Crippen molar-refractivity contribution >= 4 is 5.97 Å². The molecule has 2 bridgehead atoms. The number of fused-ring (bicyclic) bond motifs is 2. The van der Waals surface area contributed by atoms with Crippen molar-refractivity contribution < 1.29 is 58.4 Å². The molecule has 0 aliphatic carbocycles. The van der Waals surface area contributed by atoms with E-state index in [4.69, 9.17) is 33.2 Å². The number of rotatable bonds is 14. The van der Waals surface area contributed by atoms with Gasteiger partial charge in [0.15, 0.2) is 12.6 Å². The van der Waals surface area contributed by atoms with Crippen molar-refractivity contribution in [1.29, 1.82) is 0 Å². The fourth-order valence-electron chi connectivity index (χ4n) is 9.28. The first-order chi connectivity index (χ1) is 25.2. The Morgan fingerprint density at radius 1 is 1.02 bits per heavy atom. The molecular formula is C41H73NO12. The Balaban J connectivity index is 1.77. The third kappa shape index (κ3) is 9.65. The minimum Gasteiger partial charge on any atom is -0.488 e. The minimum atomic E-state index is -1.82. The van der Waals surface area contributed by atoms with Gasteiger partial charge in [-0.2, -0.15) is 0 Å². The molecule has 4 aliphatic rings. The molecule has 54 heavy (non-hydrogen) atoms. The molecule has 0 amide bonds. The zero-order chi connectivity index (χ0) is 40.3. The van der Waals surface area contributed by atoms with Crippen LogP contribution in [0.15, 0.2) is 11.3 Å². The lowest BCUT2D eigenvalue weighted by Crippen LogP contribution is -2.60. The van der Waals surface area contributed by atoms with Crippen molar-refractivity contribution in [2.75, 3.05) is 13.7 Å². The van der Waals surface area contributed by atoms with Crippen LogP contribution < -0.4 is 5.32 Å². The fraction of sp³-hybridized carbons (Fsp3) is 0.927. The third-order valence-electron chi connectivity index (χ3n) is 12.7. The maximum absolute atomic E-state index is 14.4. The highest BCUT2D eigenvalue weighted by atomic mass is 16.7. The van der Waals surface area contributed by atoms with Gasteiger partial charge in [0.05, 0.1) is 41.9 Å². The number of methoxy groups -OCH3 is 1. The summed E-state index contributed by atoms with van der Waals surface area (Å²) in [6.07, 6.45) is -2.84. The van der Waals surface area contributed by atoms with Crippen LogP contribution in [0.5, 0.6) is 0 Å². The van der Waals surface area contributed by atoms with Gasteiger partial charge in [0, 0.05) is 31.9 Å². The smallest absolute Gasteiger partial charge is 0.311 e. The van der Waals surface area contributed by atoms with Crippen LogP contribution in [-0.2, 0) is 38.0 Å². The predicted molar refractivity (Wildman–Crippen MR) is 202 cm³/mol. The first-order valence-electron chi connectivity index (χ1n) is 20.5. The van der Waals surface area contributed by atoms with Crippen LogP contribution in [0.3, 0.4) is 0 Å². The van der Waals surface area contributed by atoms with E-state index in [-0.39, 0.29) is 25.0 Å². The lowest BCUT2D eigenvalue weighted by atomic mass is 9.78. The maximum Gasteiger partial charge on any atom is 0.311 e. The van der Waals surface area contributed by atoms with Crippen LogP contribution >= 0.6 is 0 Å². The van der Waals surface area contributed by atoms with Gasteiger partial charge in [0.1, 0.15) is 41.4 Å². The van der Waals surface area contributed by atoms with Gasteiger partial charge in [-0.3, -0.25) is 4.79 Å². The maximum atomic E-state index is 14.4. The number of esters is 1. The summed E-state index contributed by atoms with van der Waals surface area (Å²) in [5.41, 5.74) is -2.96. The SMILES string of the molecule is CCCCCCNC1CC(C)O[C@@H](O[C@@H]2[C@@H](C)[C@H](O[C@H]3CC(C)(OC)[C@@H](O)C(C)O3)[C@@H](C)C(=O)O[C@@H]([C@](C)(O)[C@H](O)CC)[C@@H](C)C3=C(C)CC2(C)O3)C1O. The molecule has 0 saturated carbocycles. The molecule has 0 aromatic rings. The molecule has 314 valence electrons. The third-order valence-corrected chi connectivity index (χ3v) is 12.7. The van der Waals surface area contributed by atoms with Crippen LogP contribution in [-0.4, -0.2) is 124 Å². The van der Waals surface area contributed by atoms with Gasteiger partial charge in [-0.1, -0.05) is 47.0 Å². The lowest BCUT2D eigenvalue weighted by Gasteiger charge is -2.48. The monoisotopic (exact) mass is 772 g/mol. The second-order valence-electron chi connectivity index (χ2n) is 17.4. The lowest BCUT2D eigenvalue weighted by molar-refractivity contribution is -0.314. The molecular weight excluding hydrogens is 698 g/mol. The Bertz CT molecular complexity index is 1260. The molecule has 3 saturated heterocycles. The summed E-state index contributed by atoms with van der Waals surface area (Å²) in [6.45, 7) is 21.1. The topological polar surface area (TPSA) is 175 Å². The number of cyclic esters (lactones) is 1. The normalized spacial score (nSPS) is 43.9. The van der Waals surface area contributed by atoms with Crippen molar-refractivity contribution in [1.82, 2.24) is 5.32 Å². The van der Waals surface area contributed by atoms with Crippen LogP contribution in [0.25, 0.3) is 0 Å². The number of hydrogen-bond acceptors (Lipinski definition) is 13. The van der Waals surface area contributed by atoms with Gasteiger partial charge in [0.2, 0.25) is 0 Å². The summed E-state index contributed by atoms with van der Waals surface area (Å²) in [7, 11) is 1.53. The number of nitrogens with one attached hydrogen (secondary N) is 1. The molecule has 17 atom stereocenters. The largest absolute Gasteiger partial charge is 0.488 e. The van der Waals surface area contributed by atoms with Gasteiger partial charge in [-0.25, -0.2) is 0 Å². The molecule has 0 aromatic heterocycles. The van der Waals surface area contributed by atoms with E-state index in [1.54, 1.807) is 27.7 Å². The number of aliphatic hydroxyl groups is 4. The quantitative estimate of drug-likeness (QED) is 0.124. The van der Waals surface area contributed by atoms with Gasteiger partial charge in [0.25, 0.3) is 0 Å². The Labute approximate surface area is 323 Å². The summed E-state index contributed by atoms with van der Waals surface area (Å²) in [4.78, 5) is 14.4. The summed E-state index contributed by atoms with van der Waals surface area (Å²) in [5.74, 6) is -2.26.